The van der Waals surface area contributed by atoms with Gasteiger partial charge in [0.05, 0.1) is 37.7 Å². The van der Waals surface area contributed by atoms with E-state index in [-0.39, 0.29) is 34.4 Å². The maximum Gasteiger partial charge on any atom is 0.341 e. The van der Waals surface area contributed by atoms with E-state index in [2.05, 4.69) is 5.32 Å². The number of hydrogen-bond donors (Lipinski definition) is 2. The summed E-state index contributed by atoms with van der Waals surface area (Å²) in [6, 6.07) is 5.11. The number of methoxy groups -OCH3 is 2. The second-order valence-electron chi connectivity index (χ2n) is 5.75. The molecule has 0 aliphatic heterocycles. The number of amides is 2. The SMILES string of the molecule is CCOC(=O)c1c(NC(=O)Cc2ccc(OC)cc2OC)sc(C(N)=O)c1C. The zero-order chi connectivity index (χ0) is 20.8. The highest BCUT2D eigenvalue weighted by Gasteiger charge is 2.26. The number of carbonyl (C=O) groups is 3. The van der Waals surface area contributed by atoms with Crippen LogP contribution >= 0.6 is 11.3 Å². The van der Waals surface area contributed by atoms with Crippen molar-refractivity contribution in [1.29, 1.82) is 0 Å². The van der Waals surface area contributed by atoms with Crippen molar-refractivity contribution >= 4 is 34.1 Å². The first-order valence-electron chi connectivity index (χ1n) is 8.43. The second-order valence-corrected chi connectivity index (χ2v) is 6.77. The van der Waals surface area contributed by atoms with Crippen LogP contribution in [0.4, 0.5) is 5.00 Å². The first-order valence-corrected chi connectivity index (χ1v) is 9.25. The van der Waals surface area contributed by atoms with Crippen molar-refractivity contribution in [2.24, 2.45) is 5.73 Å². The van der Waals surface area contributed by atoms with Crippen molar-refractivity contribution in [3.63, 3.8) is 0 Å². The molecular formula is C19H22N2O6S. The van der Waals surface area contributed by atoms with Gasteiger partial charge in [-0.1, -0.05) is 6.07 Å². The Hall–Kier alpha value is -3.07. The molecule has 1 aromatic carbocycles. The maximum absolute atomic E-state index is 12.6. The number of thiophene rings is 1. The number of ether oxygens (including phenoxy) is 3. The van der Waals surface area contributed by atoms with E-state index in [9.17, 15) is 14.4 Å². The zero-order valence-corrected chi connectivity index (χ0v) is 16.9. The van der Waals surface area contributed by atoms with Crippen LogP contribution in [0.2, 0.25) is 0 Å². The Kier molecular flexibility index (Phi) is 7.00. The molecule has 8 nitrogen and oxygen atoms in total. The van der Waals surface area contributed by atoms with Gasteiger partial charge in [-0.25, -0.2) is 4.79 Å². The molecular weight excluding hydrogens is 384 g/mol. The number of nitrogens with one attached hydrogen (secondary N) is 1. The summed E-state index contributed by atoms with van der Waals surface area (Å²) in [7, 11) is 3.03. The minimum atomic E-state index is -0.676. The molecule has 0 radical (unpaired) electrons. The van der Waals surface area contributed by atoms with Crippen LogP contribution in [-0.4, -0.2) is 38.6 Å². The highest BCUT2D eigenvalue weighted by atomic mass is 32.1. The Bertz CT molecular complexity index is 906. The molecule has 0 unspecified atom stereocenters. The van der Waals surface area contributed by atoms with E-state index < -0.39 is 11.9 Å². The van der Waals surface area contributed by atoms with Crippen LogP contribution in [0.15, 0.2) is 18.2 Å². The monoisotopic (exact) mass is 406 g/mol. The summed E-state index contributed by atoms with van der Waals surface area (Å²) in [6.07, 6.45) is -0.00170. The quantitative estimate of drug-likeness (QED) is 0.651. The van der Waals surface area contributed by atoms with E-state index in [0.717, 1.165) is 11.3 Å². The second kappa shape index (κ2) is 9.23. The average Bonchev–Trinajstić information content (AvgIpc) is 2.98. The summed E-state index contributed by atoms with van der Waals surface area (Å²) in [5.41, 5.74) is 6.53. The first-order chi connectivity index (χ1) is 13.3. The third kappa shape index (κ3) is 4.61. The molecule has 2 amide bonds. The van der Waals surface area contributed by atoms with Gasteiger partial charge in [0.25, 0.3) is 5.91 Å². The van der Waals surface area contributed by atoms with Crippen molar-refractivity contribution in [1.82, 2.24) is 0 Å². The number of benzene rings is 1. The maximum atomic E-state index is 12.6. The predicted octanol–water partition coefficient (Wildman–Crippen LogP) is 2.53. The Morgan fingerprint density at radius 1 is 1.18 bits per heavy atom. The van der Waals surface area contributed by atoms with Crippen molar-refractivity contribution in [3.8, 4) is 11.5 Å². The van der Waals surface area contributed by atoms with E-state index in [1.807, 2.05) is 0 Å². The van der Waals surface area contributed by atoms with Crippen molar-refractivity contribution < 1.29 is 28.6 Å². The topological polar surface area (TPSA) is 117 Å². The average molecular weight is 406 g/mol. The van der Waals surface area contributed by atoms with E-state index >= 15 is 0 Å². The Balaban J connectivity index is 2.30. The fourth-order valence-electron chi connectivity index (χ4n) is 2.63. The number of hydrogen-bond acceptors (Lipinski definition) is 7. The highest BCUT2D eigenvalue weighted by Crippen LogP contribution is 2.34. The minimum Gasteiger partial charge on any atom is -0.497 e. The van der Waals surface area contributed by atoms with E-state index in [4.69, 9.17) is 19.9 Å². The summed E-state index contributed by atoms with van der Waals surface area (Å²) in [6.45, 7) is 3.42. The van der Waals surface area contributed by atoms with Gasteiger partial charge < -0.3 is 25.3 Å². The van der Waals surface area contributed by atoms with Crippen LogP contribution < -0.4 is 20.5 Å². The lowest BCUT2D eigenvalue weighted by Gasteiger charge is -2.11. The molecule has 2 aromatic rings. The van der Waals surface area contributed by atoms with Crippen LogP contribution in [0.1, 0.15) is 38.1 Å². The van der Waals surface area contributed by atoms with Gasteiger partial charge in [-0.05, 0) is 25.5 Å². The predicted molar refractivity (Wildman–Crippen MR) is 105 cm³/mol. The van der Waals surface area contributed by atoms with E-state index in [1.54, 1.807) is 32.0 Å². The highest BCUT2D eigenvalue weighted by molar-refractivity contribution is 7.18. The minimum absolute atomic E-state index is 0.00170. The molecule has 0 bridgehead atoms. The smallest absolute Gasteiger partial charge is 0.341 e. The van der Waals surface area contributed by atoms with Crippen molar-refractivity contribution in [2.45, 2.75) is 20.3 Å². The third-order valence-electron chi connectivity index (χ3n) is 3.95. The van der Waals surface area contributed by atoms with Gasteiger partial charge in [0.15, 0.2) is 0 Å². The zero-order valence-electron chi connectivity index (χ0n) is 16.1. The largest absolute Gasteiger partial charge is 0.497 e. The van der Waals surface area contributed by atoms with Crippen LogP contribution in [0.25, 0.3) is 0 Å². The molecule has 0 aliphatic carbocycles. The number of primary amides is 1. The molecule has 9 heteroatoms. The molecule has 2 rings (SSSR count). The molecule has 28 heavy (non-hydrogen) atoms. The summed E-state index contributed by atoms with van der Waals surface area (Å²) in [5.74, 6) is -0.580. The van der Waals surface area contributed by atoms with Crippen LogP contribution in [0, 0.1) is 6.92 Å². The Labute approximate surface area is 166 Å². The summed E-state index contributed by atoms with van der Waals surface area (Å²) < 4.78 is 15.5. The summed E-state index contributed by atoms with van der Waals surface area (Å²) in [4.78, 5) is 36.7. The molecule has 3 N–H and O–H groups in total. The van der Waals surface area contributed by atoms with Crippen LogP contribution in [0.3, 0.4) is 0 Å². The van der Waals surface area contributed by atoms with Gasteiger partial charge >= 0.3 is 5.97 Å². The molecule has 0 atom stereocenters. The lowest BCUT2D eigenvalue weighted by atomic mass is 10.1. The standard InChI is InChI=1S/C19H22N2O6S/c1-5-27-19(24)15-10(2)16(17(20)23)28-18(15)21-14(22)8-11-6-7-12(25-3)9-13(11)26-4/h6-7,9H,5,8H2,1-4H3,(H2,20,23)(H,21,22). The number of carbonyl (C=O) groups excluding carboxylic acids is 3. The van der Waals surface area contributed by atoms with Crippen LogP contribution in [-0.2, 0) is 16.0 Å². The fourth-order valence-corrected chi connectivity index (χ4v) is 3.69. The van der Waals surface area contributed by atoms with E-state index in [1.165, 1.54) is 14.2 Å². The number of nitrogens with two attached hydrogens (primary N) is 1. The molecule has 0 saturated heterocycles. The molecule has 0 fully saturated rings. The fraction of sp³-hybridized carbons (Fsp3) is 0.316. The van der Waals surface area contributed by atoms with Gasteiger partial charge in [0, 0.05) is 11.6 Å². The van der Waals surface area contributed by atoms with Gasteiger partial charge in [-0.2, -0.15) is 0 Å². The van der Waals surface area contributed by atoms with E-state index in [0.29, 0.717) is 22.6 Å². The van der Waals surface area contributed by atoms with Crippen molar-refractivity contribution in [3.05, 3.63) is 39.8 Å². The van der Waals surface area contributed by atoms with Crippen molar-refractivity contribution in [2.75, 3.05) is 26.1 Å². The lowest BCUT2D eigenvalue weighted by Crippen LogP contribution is -2.17. The summed E-state index contributed by atoms with van der Waals surface area (Å²) in [5, 5.41) is 2.90. The number of esters is 1. The Morgan fingerprint density at radius 3 is 2.46 bits per heavy atom. The van der Waals surface area contributed by atoms with Gasteiger partial charge in [-0.3, -0.25) is 9.59 Å². The third-order valence-corrected chi connectivity index (χ3v) is 5.17. The molecule has 1 aromatic heterocycles. The lowest BCUT2D eigenvalue weighted by molar-refractivity contribution is -0.115. The molecule has 150 valence electrons. The molecule has 0 saturated carbocycles. The van der Waals surface area contributed by atoms with Crippen LogP contribution in [0.5, 0.6) is 11.5 Å². The summed E-state index contributed by atoms with van der Waals surface area (Å²) >= 11 is 0.945. The molecule has 1 heterocycles. The molecule has 0 aliphatic rings. The van der Waals surface area contributed by atoms with Gasteiger partial charge in [-0.15, -0.1) is 11.3 Å². The van der Waals surface area contributed by atoms with Gasteiger partial charge in [0.2, 0.25) is 5.91 Å². The van der Waals surface area contributed by atoms with Gasteiger partial charge in [0.1, 0.15) is 16.5 Å². The Morgan fingerprint density at radius 2 is 1.89 bits per heavy atom. The molecule has 0 spiro atoms. The normalized spacial score (nSPS) is 10.3. The first kappa shape index (κ1) is 21.2. The number of rotatable bonds is 8. The number of anilines is 1.